The normalized spacial score (nSPS) is 21.6. The molecule has 0 aromatic carbocycles. The summed E-state index contributed by atoms with van der Waals surface area (Å²) in [7, 11) is 0. The molecule has 9 heteroatoms. The number of alkyl halides is 3. The van der Waals surface area contributed by atoms with Crippen LogP contribution in [0.25, 0.3) is 0 Å². The molecular formula is C16H22F3N5S. The van der Waals surface area contributed by atoms with Gasteiger partial charge in [0.15, 0.2) is 0 Å². The van der Waals surface area contributed by atoms with Gasteiger partial charge in [-0.15, -0.1) is 11.3 Å². The van der Waals surface area contributed by atoms with E-state index in [2.05, 4.69) is 28.3 Å². The number of nitrogens with one attached hydrogen (secondary N) is 1. The van der Waals surface area contributed by atoms with E-state index >= 15 is 0 Å². The van der Waals surface area contributed by atoms with Gasteiger partial charge in [-0.3, -0.25) is 25.2 Å². The molecule has 138 valence electrons. The van der Waals surface area contributed by atoms with Gasteiger partial charge in [0.2, 0.25) is 0 Å². The van der Waals surface area contributed by atoms with Crippen molar-refractivity contribution in [2.24, 2.45) is 0 Å². The molecule has 1 N–H and O–H groups in total. The summed E-state index contributed by atoms with van der Waals surface area (Å²) in [4.78, 5) is 7.79. The molecule has 3 rings (SSSR count). The van der Waals surface area contributed by atoms with E-state index in [1.165, 1.54) is 4.90 Å². The molecule has 25 heavy (non-hydrogen) atoms. The van der Waals surface area contributed by atoms with Crippen LogP contribution < -0.4 is 10.4 Å². The molecule has 2 aliphatic heterocycles. The van der Waals surface area contributed by atoms with Crippen molar-refractivity contribution in [2.45, 2.75) is 26.1 Å². The molecule has 0 amide bonds. The zero-order valence-electron chi connectivity index (χ0n) is 14.3. The third-order valence-electron chi connectivity index (χ3n) is 4.59. The van der Waals surface area contributed by atoms with Gasteiger partial charge in [-0.05, 0) is 25.5 Å². The van der Waals surface area contributed by atoms with Crippen molar-refractivity contribution in [3.8, 4) is 0 Å². The second-order valence-electron chi connectivity index (χ2n) is 6.32. The summed E-state index contributed by atoms with van der Waals surface area (Å²) in [6, 6.07) is 0.153. The van der Waals surface area contributed by atoms with Gasteiger partial charge < -0.3 is 0 Å². The van der Waals surface area contributed by atoms with Crippen LogP contribution in [0.15, 0.2) is 35.3 Å². The average molecular weight is 373 g/mol. The van der Waals surface area contributed by atoms with Gasteiger partial charge in [0.1, 0.15) is 5.00 Å². The number of aromatic nitrogens is 1. The van der Waals surface area contributed by atoms with Crippen molar-refractivity contribution in [2.75, 3.05) is 37.7 Å². The lowest BCUT2D eigenvalue weighted by Crippen LogP contribution is -2.52. The molecule has 1 saturated heterocycles. The first kappa shape index (κ1) is 18.2. The summed E-state index contributed by atoms with van der Waals surface area (Å²) in [6.45, 7) is 5.47. The number of nitrogens with zero attached hydrogens (tertiary/aromatic N) is 4. The highest BCUT2D eigenvalue weighted by atomic mass is 32.1. The van der Waals surface area contributed by atoms with Crippen molar-refractivity contribution in [1.82, 2.24) is 20.2 Å². The molecule has 3 heterocycles. The van der Waals surface area contributed by atoms with E-state index in [1.54, 1.807) is 23.0 Å². The van der Waals surface area contributed by atoms with Crippen LogP contribution >= 0.6 is 11.3 Å². The standard InChI is InChI=1S/C16H22F3N5S/c1-12-14(3-4-24(21-12)15-9-20-11-25-15)13(2)23-7-5-22(6-8-23)10-16(17,18)19/h3-4,9,11,13,21H,5-8,10H2,1-2H3. The van der Waals surface area contributed by atoms with Gasteiger partial charge in [0, 0.05) is 44.1 Å². The highest BCUT2D eigenvalue weighted by molar-refractivity contribution is 7.13. The SMILES string of the molecule is CC1=C(C(C)N2CCN(CC(F)(F)F)CC2)C=CN(c2cncs2)N1. The zero-order valence-corrected chi connectivity index (χ0v) is 15.1. The van der Waals surface area contributed by atoms with Crippen molar-refractivity contribution in [3.05, 3.63) is 35.3 Å². The first-order chi connectivity index (χ1) is 11.8. The molecule has 1 aromatic heterocycles. The molecule has 1 atom stereocenters. The molecular weight excluding hydrogens is 351 g/mol. The molecule has 5 nitrogen and oxygen atoms in total. The van der Waals surface area contributed by atoms with E-state index in [0.717, 1.165) is 16.3 Å². The number of hydrazine groups is 1. The maximum atomic E-state index is 12.5. The summed E-state index contributed by atoms with van der Waals surface area (Å²) in [5, 5.41) is 2.92. The number of rotatable bonds is 4. The minimum atomic E-state index is -4.12. The molecule has 0 radical (unpaired) electrons. The minimum absolute atomic E-state index is 0.153. The van der Waals surface area contributed by atoms with E-state index in [1.807, 2.05) is 18.1 Å². The number of allylic oxidation sites excluding steroid dienone is 1. The van der Waals surface area contributed by atoms with E-state index in [0.29, 0.717) is 26.2 Å². The number of halogens is 3. The number of hydrogen-bond acceptors (Lipinski definition) is 6. The molecule has 1 fully saturated rings. The molecule has 0 saturated carbocycles. The van der Waals surface area contributed by atoms with Crippen molar-refractivity contribution in [3.63, 3.8) is 0 Å². The Kier molecular flexibility index (Phi) is 5.35. The highest BCUT2D eigenvalue weighted by Gasteiger charge is 2.33. The fourth-order valence-corrected chi connectivity index (χ4v) is 3.80. The lowest BCUT2D eigenvalue weighted by Gasteiger charge is -2.40. The van der Waals surface area contributed by atoms with Crippen LogP contribution in [0.5, 0.6) is 0 Å². The Hall–Kier alpha value is -1.58. The first-order valence-electron chi connectivity index (χ1n) is 8.20. The lowest BCUT2D eigenvalue weighted by molar-refractivity contribution is -0.149. The Bertz CT molecular complexity index is 633. The van der Waals surface area contributed by atoms with Crippen LogP contribution in [0.3, 0.4) is 0 Å². The molecule has 2 aliphatic rings. The average Bonchev–Trinajstić information content (AvgIpc) is 3.08. The Labute approximate surface area is 149 Å². The van der Waals surface area contributed by atoms with Crippen LogP contribution in [0, 0.1) is 0 Å². The van der Waals surface area contributed by atoms with Gasteiger partial charge in [-0.25, -0.2) is 0 Å². The lowest BCUT2D eigenvalue weighted by atomic mass is 10.0. The van der Waals surface area contributed by atoms with Crippen molar-refractivity contribution in [1.29, 1.82) is 0 Å². The Balaban J connectivity index is 1.58. The quantitative estimate of drug-likeness (QED) is 0.878. The van der Waals surface area contributed by atoms with Crippen LogP contribution in [-0.2, 0) is 0 Å². The summed E-state index contributed by atoms with van der Waals surface area (Å²) >= 11 is 1.54. The molecule has 0 aliphatic carbocycles. The van der Waals surface area contributed by atoms with E-state index in [9.17, 15) is 13.2 Å². The topological polar surface area (TPSA) is 34.6 Å². The predicted molar refractivity (Wildman–Crippen MR) is 93.1 cm³/mol. The summed E-state index contributed by atoms with van der Waals surface area (Å²) in [6.07, 6.45) is 1.71. The van der Waals surface area contributed by atoms with Gasteiger partial charge >= 0.3 is 6.18 Å². The molecule has 0 bridgehead atoms. The van der Waals surface area contributed by atoms with Gasteiger partial charge in [0.05, 0.1) is 18.3 Å². The molecule has 0 spiro atoms. The molecule has 1 aromatic rings. The maximum Gasteiger partial charge on any atom is 0.401 e. The predicted octanol–water partition coefficient (Wildman–Crippen LogP) is 2.82. The monoisotopic (exact) mass is 373 g/mol. The second-order valence-corrected chi connectivity index (χ2v) is 7.19. The third kappa shape index (κ3) is 4.53. The summed E-state index contributed by atoms with van der Waals surface area (Å²) in [5.41, 5.74) is 7.32. The Morgan fingerprint density at radius 1 is 1.28 bits per heavy atom. The number of anilines is 1. The van der Waals surface area contributed by atoms with E-state index in [-0.39, 0.29) is 6.04 Å². The van der Waals surface area contributed by atoms with Crippen LogP contribution in [0.1, 0.15) is 13.8 Å². The Morgan fingerprint density at radius 2 is 2.00 bits per heavy atom. The number of piperazine rings is 1. The van der Waals surface area contributed by atoms with Crippen LogP contribution in [0.2, 0.25) is 0 Å². The van der Waals surface area contributed by atoms with E-state index in [4.69, 9.17) is 0 Å². The van der Waals surface area contributed by atoms with Gasteiger partial charge in [0.25, 0.3) is 0 Å². The molecule has 1 unspecified atom stereocenters. The first-order valence-corrected chi connectivity index (χ1v) is 9.08. The number of hydrogen-bond donors (Lipinski definition) is 1. The zero-order chi connectivity index (χ0) is 18.0. The maximum absolute atomic E-state index is 12.5. The largest absolute Gasteiger partial charge is 0.401 e. The number of thiazole rings is 1. The van der Waals surface area contributed by atoms with E-state index < -0.39 is 12.7 Å². The Morgan fingerprint density at radius 3 is 2.56 bits per heavy atom. The minimum Gasteiger partial charge on any atom is -0.298 e. The summed E-state index contributed by atoms with van der Waals surface area (Å²) < 4.78 is 37.5. The van der Waals surface area contributed by atoms with Crippen molar-refractivity contribution < 1.29 is 13.2 Å². The van der Waals surface area contributed by atoms with Crippen LogP contribution in [0.4, 0.5) is 18.2 Å². The second kappa shape index (κ2) is 7.35. The highest BCUT2D eigenvalue weighted by Crippen LogP contribution is 2.25. The van der Waals surface area contributed by atoms with Crippen molar-refractivity contribution >= 4 is 16.3 Å². The van der Waals surface area contributed by atoms with Gasteiger partial charge in [-0.1, -0.05) is 0 Å². The smallest absolute Gasteiger partial charge is 0.298 e. The third-order valence-corrected chi connectivity index (χ3v) is 5.36. The van der Waals surface area contributed by atoms with Gasteiger partial charge in [-0.2, -0.15) is 13.2 Å². The fourth-order valence-electron chi connectivity index (χ4n) is 3.23. The summed E-state index contributed by atoms with van der Waals surface area (Å²) in [5.74, 6) is 0. The fraction of sp³-hybridized carbons (Fsp3) is 0.562. The van der Waals surface area contributed by atoms with Crippen LogP contribution in [-0.4, -0.2) is 59.7 Å².